The summed E-state index contributed by atoms with van der Waals surface area (Å²) in [6.07, 6.45) is 5.35. The fourth-order valence-electron chi connectivity index (χ4n) is 5.40. The van der Waals surface area contributed by atoms with Gasteiger partial charge in [0.2, 0.25) is 10.0 Å². The van der Waals surface area contributed by atoms with Crippen molar-refractivity contribution in [3.63, 3.8) is 0 Å². The van der Waals surface area contributed by atoms with Crippen LogP contribution in [0.5, 0.6) is 0 Å². The topological polar surface area (TPSA) is 40.6 Å². The molecule has 1 fully saturated rings. The summed E-state index contributed by atoms with van der Waals surface area (Å²) in [6, 6.07) is 16.0. The molecule has 0 aromatic heterocycles. The van der Waals surface area contributed by atoms with E-state index in [4.69, 9.17) is 11.6 Å². The van der Waals surface area contributed by atoms with Crippen molar-refractivity contribution in [2.75, 3.05) is 18.5 Å². The van der Waals surface area contributed by atoms with Crippen molar-refractivity contribution in [2.45, 2.75) is 43.0 Å². The molecule has 0 N–H and O–H groups in total. The van der Waals surface area contributed by atoms with Gasteiger partial charge in [-0.1, -0.05) is 55.1 Å². The molecule has 0 radical (unpaired) electrons. The van der Waals surface area contributed by atoms with Crippen LogP contribution in [0.4, 0.5) is 20.2 Å². The van der Waals surface area contributed by atoms with E-state index in [-0.39, 0.29) is 21.9 Å². The van der Waals surface area contributed by atoms with Crippen LogP contribution >= 0.6 is 11.6 Å². The molecule has 1 aliphatic carbocycles. The number of hydrogen-bond acceptors (Lipinski definition) is 3. The van der Waals surface area contributed by atoms with Gasteiger partial charge in [0.25, 0.3) is 0 Å². The van der Waals surface area contributed by atoms with E-state index in [1.807, 2.05) is 35.2 Å². The van der Waals surface area contributed by atoms with Crippen LogP contribution in [0.1, 0.15) is 32.1 Å². The van der Waals surface area contributed by atoms with Crippen LogP contribution in [0.3, 0.4) is 0 Å². The second-order valence-corrected chi connectivity index (χ2v) is 11.7. The third kappa shape index (κ3) is 4.46. The highest BCUT2D eigenvalue weighted by Crippen LogP contribution is 2.44. The number of rotatable bonds is 3. The lowest BCUT2D eigenvalue weighted by Crippen LogP contribution is -2.46. The van der Waals surface area contributed by atoms with Crippen LogP contribution in [0.2, 0.25) is 5.02 Å². The normalized spacial score (nSPS) is 20.9. The van der Waals surface area contributed by atoms with Crippen molar-refractivity contribution in [1.82, 2.24) is 4.31 Å². The highest BCUT2D eigenvalue weighted by Gasteiger charge is 2.41. The van der Waals surface area contributed by atoms with Crippen molar-refractivity contribution in [1.29, 1.82) is 0 Å². The van der Waals surface area contributed by atoms with Crippen LogP contribution in [0.15, 0.2) is 65.6 Å². The molecule has 1 heterocycles. The molecule has 0 bridgehead atoms. The highest BCUT2D eigenvalue weighted by molar-refractivity contribution is 7.89. The van der Waals surface area contributed by atoms with Gasteiger partial charge in [-0.05, 0) is 60.7 Å². The smallest absolute Gasteiger partial charge is 0.245 e. The van der Waals surface area contributed by atoms with E-state index in [0.29, 0.717) is 23.4 Å². The van der Waals surface area contributed by atoms with Crippen molar-refractivity contribution in [3.05, 3.63) is 77.3 Å². The number of anilines is 2. The molecular formula is C27H27ClF2N2O2S. The molecule has 0 amide bonds. The van der Waals surface area contributed by atoms with Gasteiger partial charge in [0.05, 0.1) is 10.7 Å². The summed E-state index contributed by atoms with van der Waals surface area (Å²) in [5.41, 5.74) is 2.01. The predicted molar refractivity (Wildman–Crippen MR) is 136 cm³/mol. The fourth-order valence-corrected chi connectivity index (χ4v) is 7.27. The van der Waals surface area contributed by atoms with E-state index in [1.165, 1.54) is 22.9 Å². The lowest BCUT2D eigenvalue weighted by Gasteiger charge is -2.36. The number of likely N-dealkylation sites (N-methyl/N-ethyl adjacent to an activating group) is 1. The van der Waals surface area contributed by atoms with Gasteiger partial charge in [-0.2, -0.15) is 4.31 Å². The summed E-state index contributed by atoms with van der Waals surface area (Å²) in [5.74, 6) is -1.74. The van der Waals surface area contributed by atoms with Gasteiger partial charge >= 0.3 is 0 Å². The number of sulfonamides is 1. The van der Waals surface area contributed by atoms with Gasteiger partial charge in [0.15, 0.2) is 11.6 Å². The van der Waals surface area contributed by atoms with Crippen molar-refractivity contribution < 1.29 is 17.2 Å². The number of hydrogen-bond donors (Lipinski definition) is 0. The Labute approximate surface area is 210 Å². The van der Waals surface area contributed by atoms with E-state index in [2.05, 4.69) is 0 Å². The lowest BCUT2D eigenvalue weighted by molar-refractivity contribution is 0.218. The maximum atomic E-state index is 14.0. The summed E-state index contributed by atoms with van der Waals surface area (Å²) in [7, 11) is -2.25. The molecule has 35 heavy (non-hydrogen) atoms. The summed E-state index contributed by atoms with van der Waals surface area (Å²) >= 11 is 6.66. The van der Waals surface area contributed by atoms with Gasteiger partial charge < -0.3 is 4.90 Å². The van der Waals surface area contributed by atoms with E-state index in [9.17, 15) is 17.2 Å². The zero-order chi connectivity index (χ0) is 24.7. The van der Waals surface area contributed by atoms with E-state index in [1.54, 1.807) is 13.1 Å². The molecule has 1 saturated carbocycles. The third-order valence-electron chi connectivity index (χ3n) is 7.33. The molecule has 1 aliphatic heterocycles. The molecule has 2 aliphatic rings. The minimum absolute atomic E-state index is 0.103. The Kier molecular flexibility index (Phi) is 6.59. The molecule has 0 unspecified atom stereocenters. The summed E-state index contributed by atoms with van der Waals surface area (Å²) in [6.45, 7) is 0.498. The van der Waals surface area contributed by atoms with Crippen LogP contribution in [-0.4, -0.2) is 32.4 Å². The molecular weight excluding hydrogens is 490 g/mol. The Morgan fingerprint density at radius 3 is 2.31 bits per heavy atom. The van der Waals surface area contributed by atoms with Gasteiger partial charge in [-0.3, -0.25) is 0 Å². The standard InChI is InChI=1S/C27H27ClF2N2O2S/c1-31-26(18-8-4-2-5-9-18)17-32(20-10-6-3-7-11-20)25-16-22(28)21(15-27(25)35(31,33)34)19-12-13-23(29)24(30)14-19/h3,6-7,10-16,18,26H,2,4-5,8-9,17H2,1H3/t26-/m0/s1. The molecule has 8 heteroatoms. The van der Waals surface area contributed by atoms with Gasteiger partial charge in [-0.25, -0.2) is 17.2 Å². The van der Waals surface area contributed by atoms with Crippen molar-refractivity contribution in [3.8, 4) is 11.1 Å². The Hall–Kier alpha value is -2.48. The molecule has 0 saturated heterocycles. The lowest BCUT2D eigenvalue weighted by atomic mass is 9.83. The Morgan fingerprint density at radius 2 is 1.63 bits per heavy atom. The maximum Gasteiger partial charge on any atom is 0.245 e. The zero-order valence-corrected chi connectivity index (χ0v) is 21.0. The van der Waals surface area contributed by atoms with Crippen molar-refractivity contribution >= 4 is 33.0 Å². The Bertz CT molecular complexity index is 1340. The summed E-state index contributed by atoms with van der Waals surface area (Å²) in [4.78, 5) is 2.13. The SMILES string of the molecule is CN1[C@H](C2CCCCC2)CN(c2ccccc2)c2cc(Cl)c(-c3ccc(F)c(F)c3)cc2S1(=O)=O. The fraction of sp³-hybridized carbons (Fsp3) is 0.333. The largest absolute Gasteiger partial charge is 0.339 e. The highest BCUT2D eigenvalue weighted by atomic mass is 35.5. The molecule has 184 valence electrons. The Morgan fingerprint density at radius 1 is 0.914 bits per heavy atom. The number of fused-ring (bicyclic) bond motifs is 1. The quantitative estimate of drug-likeness (QED) is 0.376. The first kappa shape index (κ1) is 24.2. The third-order valence-corrected chi connectivity index (χ3v) is 9.55. The molecule has 1 atom stereocenters. The van der Waals surface area contributed by atoms with Crippen LogP contribution in [0.25, 0.3) is 11.1 Å². The molecule has 5 rings (SSSR count). The predicted octanol–water partition coefficient (Wildman–Crippen LogP) is 7.01. The summed E-state index contributed by atoms with van der Waals surface area (Å²) in [5, 5.41) is 0.268. The van der Waals surface area contributed by atoms with Crippen LogP contribution in [-0.2, 0) is 10.0 Å². The summed E-state index contributed by atoms with van der Waals surface area (Å²) < 4.78 is 57.1. The molecule has 0 spiro atoms. The van der Waals surface area contributed by atoms with E-state index >= 15 is 0 Å². The molecule has 3 aromatic carbocycles. The average molecular weight is 517 g/mol. The first-order valence-corrected chi connectivity index (χ1v) is 13.7. The number of benzene rings is 3. The first-order valence-electron chi connectivity index (χ1n) is 11.9. The van der Waals surface area contributed by atoms with Crippen molar-refractivity contribution in [2.24, 2.45) is 5.92 Å². The molecule has 4 nitrogen and oxygen atoms in total. The monoisotopic (exact) mass is 516 g/mol. The van der Waals surface area contributed by atoms with Gasteiger partial charge in [-0.15, -0.1) is 0 Å². The maximum absolute atomic E-state index is 14.0. The van der Waals surface area contributed by atoms with E-state index < -0.39 is 21.7 Å². The first-order chi connectivity index (χ1) is 16.8. The molecule has 3 aromatic rings. The minimum Gasteiger partial charge on any atom is -0.339 e. The Balaban J connectivity index is 1.71. The van der Waals surface area contributed by atoms with E-state index in [0.717, 1.165) is 43.5 Å². The second kappa shape index (κ2) is 9.52. The number of para-hydroxylation sites is 1. The van der Waals surface area contributed by atoms with Gasteiger partial charge in [0.1, 0.15) is 4.90 Å². The average Bonchev–Trinajstić information content (AvgIpc) is 2.94. The number of halogens is 3. The number of nitrogens with zero attached hydrogens (tertiary/aromatic N) is 2. The zero-order valence-electron chi connectivity index (χ0n) is 19.4. The van der Waals surface area contributed by atoms with Gasteiger partial charge in [0, 0.05) is 30.9 Å². The van der Waals surface area contributed by atoms with Crippen LogP contribution < -0.4 is 4.90 Å². The second-order valence-electron chi connectivity index (χ2n) is 9.36. The minimum atomic E-state index is -3.90. The van der Waals surface area contributed by atoms with Crippen LogP contribution in [0, 0.1) is 17.6 Å².